The van der Waals surface area contributed by atoms with Gasteiger partial charge in [-0.2, -0.15) is 0 Å². The molecule has 0 aromatic heterocycles. The summed E-state index contributed by atoms with van der Waals surface area (Å²) < 4.78 is 29.9. The van der Waals surface area contributed by atoms with Gasteiger partial charge < -0.3 is 10.1 Å². The number of carbonyl (C=O) groups excluding carboxylic acids is 1. The number of hydrogen-bond acceptors (Lipinski definition) is 4. The highest BCUT2D eigenvalue weighted by atomic mass is 35.5. The SMILES string of the molecule is COc1ccc([C@@H](C)NC(=O)c2ccc(NS(C)(=O)=O)cc2Cl)cc1. The molecule has 0 radical (unpaired) electrons. The monoisotopic (exact) mass is 382 g/mol. The Morgan fingerprint density at radius 3 is 2.32 bits per heavy atom. The van der Waals surface area contributed by atoms with Gasteiger partial charge in [-0.05, 0) is 42.8 Å². The van der Waals surface area contributed by atoms with Crippen molar-refractivity contribution >= 4 is 33.2 Å². The summed E-state index contributed by atoms with van der Waals surface area (Å²) in [6, 6.07) is 11.5. The van der Waals surface area contributed by atoms with E-state index in [0.29, 0.717) is 5.69 Å². The van der Waals surface area contributed by atoms with E-state index < -0.39 is 10.0 Å². The lowest BCUT2D eigenvalue weighted by molar-refractivity contribution is 0.0940. The number of methoxy groups -OCH3 is 1. The molecule has 0 saturated carbocycles. The molecule has 2 aromatic rings. The average Bonchev–Trinajstić information content (AvgIpc) is 2.53. The third kappa shape index (κ3) is 5.37. The standard InChI is InChI=1S/C17H19ClN2O4S/c1-11(12-4-7-14(24-2)8-5-12)19-17(21)15-9-6-13(10-16(15)18)20-25(3,22)23/h4-11,20H,1-3H3,(H,19,21)/t11-/m1/s1. The summed E-state index contributed by atoms with van der Waals surface area (Å²) in [7, 11) is -1.82. The average molecular weight is 383 g/mol. The highest BCUT2D eigenvalue weighted by molar-refractivity contribution is 7.92. The Labute approximate surface area is 152 Å². The molecule has 0 aliphatic heterocycles. The van der Waals surface area contributed by atoms with E-state index in [-0.39, 0.29) is 22.5 Å². The number of rotatable bonds is 6. The van der Waals surface area contributed by atoms with Crippen molar-refractivity contribution in [3.63, 3.8) is 0 Å². The molecule has 8 heteroatoms. The zero-order valence-electron chi connectivity index (χ0n) is 14.0. The van der Waals surface area contributed by atoms with E-state index in [1.807, 2.05) is 31.2 Å². The fourth-order valence-electron chi connectivity index (χ4n) is 2.23. The second-order valence-electron chi connectivity index (χ2n) is 5.54. The maximum absolute atomic E-state index is 12.4. The molecule has 0 aliphatic carbocycles. The van der Waals surface area contributed by atoms with Crippen LogP contribution in [0.3, 0.4) is 0 Å². The molecular formula is C17H19ClN2O4S. The smallest absolute Gasteiger partial charge is 0.253 e. The van der Waals surface area contributed by atoms with Gasteiger partial charge in [0.1, 0.15) is 5.75 Å². The Kier molecular flexibility index (Phi) is 5.92. The molecule has 25 heavy (non-hydrogen) atoms. The molecule has 2 N–H and O–H groups in total. The van der Waals surface area contributed by atoms with Crippen LogP contribution in [0.5, 0.6) is 5.75 Å². The van der Waals surface area contributed by atoms with Crippen molar-refractivity contribution in [3.05, 3.63) is 58.6 Å². The number of halogens is 1. The molecule has 134 valence electrons. The Morgan fingerprint density at radius 1 is 1.16 bits per heavy atom. The number of amides is 1. The van der Waals surface area contributed by atoms with Crippen LogP contribution in [0.1, 0.15) is 28.9 Å². The minimum absolute atomic E-state index is 0.160. The van der Waals surface area contributed by atoms with E-state index in [2.05, 4.69) is 10.0 Å². The maximum Gasteiger partial charge on any atom is 0.253 e. The molecule has 0 spiro atoms. The first-order chi connectivity index (χ1) is 11.7. The van der Waals surface area contributed by atoms with E-state index in [4.69, 9.17) is 16.3 Å². The van der Waals surface area contributed by atoms with Gasteiger partial charge in [-0.25, -0.2) is 8.42 Å². The largest absolute Gasteiger partial charge is 0.497 e. The fourth-order valence-corrected chi connectivity index (χ4v) is 3.05. The van der Waals surface area contributed by atoms with Crippen LogP contribution < -0.4 is 14.8 Å². The highest BCUT2D eigenvalue weighted by Crippen LogP contribution is 2.23. The van der Waals surface area contributed by atoms with Gasteiger partial charge in [0.2, 0.25) is 10.0 Å². The number of anilines is 1. The summed E-state index contributed by atoms with van der Waals surface area (Å²) in [4.78, 5) is 12.4. The molecular weight excluding hydrogens is 364 g/mol. The van der Waals surface area contributed by atoms with Gasteiger partial charge in [-0.1, -0.05) is 23.7 Å². The number of hydrogen-bond donors (Lipinski definition) is 2. The molecule has 2 rings (SSSR count). The van der Waals surface area contributed by atoms with Crippen LogP contribution in [0.4, 0.5) is 5.69 Å². The minimum atomic E-state index is -3.41. The van der Waals surface area contributed by atoms with E-state index in [9.17, 15) is 13.2 Å². The first-order valence-corrected chi connectivity index (χ1v) is 9.68. The van der Waals surface area contributed by atoms with Gasteiger partial charge in [0, 0.05) is 5.69 Å². The van der Waals surface area contributed by atoms with Crippen LogP contribution in [-0.2, 0) is 10.0 Å². The van der Waals surface area contributed by atoms with Crippen LogP contribution in [0.25, 0.3) is 0 Å². The number of sulfonamides is 1. The predicted octanol–water partition coefficient (Wildman–Crippen LogP) is 3.21. The molecule has 2 aromatic carbocycles. The Hall–Kier alpha value is -2.25. The molecule has 1 atom stereocenters. The lowest BCUT2D eigenvalue weighted by Crippen LogP contribution is -2.26. The third-order valence-corrected chi connectivity index (χ3v) is 4.40. The van der Waals surface area contributed by atoms with Crippen molar-refractivity contribution in [1.82, 2.24) is 5.32 Å². The van der Waals surface area contributed by atoms with Gasteiger partial charge >= 0.3 is 0 Å². The molecule has 0 unspecified atom stereocenters. The summed E-state index contributed by atoms with van der Waals surface area (Å²) in [5.74, 6) is 0.388. The van der Waals surface area contributed by atoms with E-state index in [0.717, 1.165) is 17.6 Å². The van der Waals surface area contributed by atoms with Crippen molar-refractivity contribution in [2.75, 3.05) is 18.1 Å². The van der Waals surface area contributed by atoms with Crippen LogP contribution in [0, 0.1) is 0 Å². The first-order valence-electron chi connectivity index (χ1n) is 7.42. The Balaban J connectivity index is 2.11. The van der Waals surface area contributed by atoms with Gasteiger partial charge in [-0.15, -0.1) is 0 Å². The van der Waals surface area contributed by atoms with Crippen LogP contribution in [-0.4, -0.2) is 27.7 Å². The van der Waals surface area contributed by atoms with E-state index in [1.165, 1.54) is 18.2 Å². The number of benzene rings is 2. The first kappa shape index (κ1) is 19.1. The summed E-state index contributed by atoms with van der Waals surface area (Å²) in [5.41, 5.74) is 1.48. The topological polar surface area (TPSA) is 84.5 Å². The molecule has 6 nitrogen and oxygen atoms in total. The quantitative estimate of drug-likeness (QED) is 0.803. The van der Waals surface area contributed by atoms with Crippen molar-refractivity contribution in [2.24, 2.45) is 0 Å². The van der Waals surface area contributed by atoms with Gasteiger partial charge in [0.25, 0.3) is 5.91 Å². The third-order valence-electron chi connectivity index (χ3n) is 3.48. The molecule has 1 amide bonds. The second kappa shape index (κ2) is 7.76. The van der Waals surface area contributed by atoms with Crippen LogP contribution in [0.2, 0.25) is 5.02 Å². The second-order valence-corrected chi connectivity index (χ2v) is 7.69. The zero-order chi connectivity index (χ0) is 18.6. The van der Waals surface area contributed by atoms with E-state index >= 15 is 0 Å². The van der Waals surface area contributed by atoms with Crippen LogP contribution >= 0.6 is 11.6 Å². The fraction of sp³-hybridized carbons (Fsp3) is 0.235. The molecule has 0 bridgehead atoms. The number of nitrogens with one attached hydrogen (secondary N) is 2. The van der Waals surface area contributed by atoms with Gasteiger partial charge in [-0.3, -0.25) is 9.52 Å². The summed E-state index contributed by atoms with van der Waals surface area (Å²) >= 11 is 6.11. The zero-order valence-corrected chi connectivity index (χ0v) is 15.6. The van der Waals surface area contributed by atoms with Crippen molar-refractivity contribution < 1.29 is 17.9 Å². The van der Waals surface area contributed by atoms with Gasteiger partial charge in [0.05, 0.1) is 30.0 Å². The molecule has 0 aliphatic rings. The summed E-state index contributed by atoms with van der Waals surface area (Å²) in [6.07, 6.45) is 1.04. The molecule has 0 heterocycles. The highest BCUT2D eigenvalue weighted by Gasteiger charge is 2.15. The van der Waals surface area contributed by atoms with Gasteiger partial charge in [0.15, 0.2) is 0 Å². The van der Waals surface area contributed by atoms with Crippen molar-refractivity contribution in [2.45, 2.75) is 13.0 Å². The van der Waals surface area contributed by atoms with Crippen molar-refractivity contribution in [1.29, 1.82) is 0 Å². The summed E-state index contributed by atoms with van der Waals surface area (Å²) in [5, 5.41) is 3.02. The lowest BCUT2D eigenvalue weighted by atomic mass is 10.1. The number of carbonyl (C=O) groups is 1. The molecule has 0 fully saturated rings. The van der Waals surface area contributed by atoms with E-state index in [1.54, 1.807) is 7.11 Å². The number of ether oxygens (including phenoxy) is 1. The lowest BCUT2D eigenvalue weighted by Gasteiger charge is -2.16. The Bertz CT molecular complexity index is 867. The normalized spacial score (nSPS) is 12.3. The Morgan fingerprint density at radius 2 is 1.80 bits per heavy atom. The minimum Gasteiger partial charge on any atom is -0.497 e. The van der Waals surface area contributed by atoms with Crippen molar-refractivity contribution in [3.8, 4) is 5.75 Å². The molecule has 0 saturated heterocycles. The summed E-state index contributed by atoms with van der Waals surface area (Å²) in [6.45, 7) is 1.85. The van der Waals surface area contributed by atoms with Crippen LogP contribution in [0.15, 0.2) is 42.5 Å². The maximum atomic E-state index is 12.4. The predicted molar refractivity (Wildman–Crippen MR) is 98.8 cm³/mol.